The lowest BCUT2D eigenvalue weighted by atomic mass is 10.1. The molecule has 0 bridgehead atoms. The highest BCUT2D eigenvalue weighted by Gasteiger charge is 2.26. The summed E-state index contributed by atoms with van der Waals surface area (Å²) in [6.45, 7) is 0.239. The van der Waals surface area contributed by atoms with Crippen LogP contribution in [0, 0.1) is 0 Å². The Balaban J connectivity index is 2.03. The lowest BCUT2D eigenvalue weighted by Gasteiger charge is -2.16. The minimum atomic E-state index is -0.626. The monoisotopic (exact) mass is 460 g/mol. The smallest absolute Gasteiger partial charge is 0.360 e. The fourth-order valence-corrected chi connectivity index (χ4v) is 3.56. The first kappa shape index (κ1) is 18.5. The van der Waals surface area contributed by atoms with Gasteiger partial charge in [-0.1, -0.05) is 41.9 Å². The van der Waals surface area contributed by atoms with Gasteiger partial charge in [0, 0.05) is 9.86 Å². The second-order valence-electron chi connectivity index (χ2n) is 5.93. The number of hydrogen-bond donors (Lipinski definition) is 1. The van der Waals surface area contributed by atoms with E-state index in [0.29, 0.717) is 25.9 Å². The molecule has 4 rings (SSSR count). The Hall–Kier alpha value is -2.84. The number of anilines is 1. The van der Waals surface area contributed by atoms with Gasteiger partial charge in [-0.25, -0.2) is 4.79 Å². The van der Waals surface area contributed by atoms with Crippen LogP contribution in [0.2, 0.25) is 5.02 Å². The van der Waals surface area contributed by atoms with Crippen LogP contribution in [0.15, 0.2) is 46.9 Å². The van der Waals surface area contributed by atoms with Crippen LogP contribution < -0.4 is 10.5 Å². The van der Waals surface area contributed by atoms with Gasteiger partial charge in [0.2, 0.25) is 5.95 Å². The number of aromatic nitrogens is 3. The Kier molecular flexibility index (Phi) is 4.82. The molecule has 0 saturated heterocycles. The van der Waals surface area contributed by atoms with Crippen molar-refractivity contribution in [2.24, 2.45) is 0 Å². The van der Waals surface area contributed by atoms with Gasteiger partial charge in [0.1, 0.15) is 6.61 Å². The lowest BCUT2D eigenvalue weighted by molar-refractivity contribution is 0.0585. The van der Waals surface area contributed by atoms with Crippen LogP contribution in [0.1, 0.15) is 16.1 Å². The summed E-state index contributed by atoms with van der Waals surface area (Å²) in [7, 11) is 1.29. The van der Waals surface area contributed by atoms with Crippen molar-refractivity contribution in [3.63, 3.8) is 0 Å². The average Bonchev–Trinajstić information content (AvgIpc) is 3.09. The molecule has 0 atom stereocenters. The molecule has 2 aromatic heterocycles. The Morgan fingerprint density at radius 3 is 2.71 bits per heavy atom. The van der Waals surface area contributed by atoms with E-state index in [1.54, 1.807) is 12.1 Å². The normalized spacial score (nSPS) is 11.1. The maximum atomic E-state index is 12.6. The molecule has 7 nitrogen and oxygen atoms in total. The summed E-state index contributed by atoms with van der Waals surface area (Å²) >= 11 is 9.95. The SMILES string of the molecule is COC(=O)c1c(OCc2ccccc2)c2ccc(Br)c(Cl)c2c2nc(N)nn12. The molecule has 0 fully saturated rings. The van der Waals surface area contributed by atoms with Crippen LogP contribution in [0.4, 0.5) is 5.95 Å². The van der Waals surface area contributed by atoms with Crippen molar-refractivity contribution < 1.29 is 14.3 Å². The molecule has 9 heteroatoms. The molecule has 4 aromatic rings. The Morgan fingerprint density at radius 2 is 2.00 bits per heavy atom. The number of carbonyl (C=O) groups is 1. The summed E-state index contributed by atoms with van der Waals surface area (Å²) in [5.41, 5.74) is 7.17. The van der Waals surface area contributed by atoms with Crippen molar-refractivity contribution in [3.05, 3.63) is 63.2 Å². The maximum Gasteiger partial charge on any atom is 0.360 e. The van der Waals surface area contributed by atoms with Crippen LogP contribution in [-0.2, 0) is 11.3 Å². The third-order valence-electron chi connectivity index (χ3n) is 4.22. The number of esters is 1. The topological polar surface area (TPSA) is 91.7 Å². The van der Waals surface area contributed by atoms with Gasteiger partial charge < -0.3 is 15.2 Å². The molecule has 0 saturated carbocycles. The van der Waals surface area contributed by atoms with Crippen LogP contribution in [0.5, 0.6) is 5.75 Å². The number of pyridine rings is 1. The summed E-state index contributed by atoms with van der Waals surface area (Å²) in [6, 6.07) is 13.2. The predicted molar refractivity (Wildman–Crippen MR) is 110 cm³/mol. The molecule has 0 unspecified atom stereocenters. The van der Waals surface area contributed by atoms with Gasteiger partial charge in [-0.15, -0.1) is 5.10 Å². The highest BCUT2D eigenvalue weighted by molar-refractivity contribution is 9.10. The number of nitrogens with zero attached hydrogens (tertiary/aromatic N) is 3. The Bertz CT molecular complexity index is 1210. The zero-order valence-corrected chi connectivity index (χ0v) is 17.0. The van der Waals surface area contributed by atoms with E-state index in [-0.39, 0.29) is 24.0 Å². The molecule has 0 spiro atoms. The molecule has 28 heavy (non-hydrogen) atoms. The van der Waals surface area contributed by atoms with Crippen molar-refractivity contribution in [1.29, 1.82) is 0 Å². The highest BCUT2D eigenvalue weighted by Crippen LogP contribution is 2.40. The number of hydrogen-bond acceptors (Lipinski definition) is 6. The van der Waals surface area contributed by atoms with Gasteiger partial charge in [-0.05, 0) is 33.6 Å². The average molecular weight is 462 g/mol. The molecule has 0 amide bonds. The number of nitrogen functional groups attached to an aromatic ring is 1. The second kappa shape index (κ2) is 7.29. The van der Waals surface area contributed by atoms with E-state index in [2.05, 4.69) is 26.0 Å². The Labute approximate surface area is 173 Å². The predicted octanol–water partition coefficient (Wildman–Crippen LogP) is 4.25. The molecule has 2 heterocycles. The quantitative estimate of drug-likeness (QED) is 0.457. The molecule has 142 valence electrons. The fraction of sp³-hybridized carbons (Fsp3) is 0.105. The van der Waals surface area contributed by atoms with Gasteiger partial charge >= 0.3 is 5.97 Å². The van der Waals surface area contributed by atoms with Crippen molar-refractivity contribution in [1.82, 2.24) is 14.6 Å². The van der Waals surface area contributed by atoms with Crippen molar-refractivity contribution in [2.45, 2.75) is 6.61 Å². The van der Waals surface area contributed by atoms with E-state index in [4.69, 9.17) is 26.8 Å². The summed E-state index contributed by atoms with van der Waals surface area (Å²) < 4.78 is 13.0. The van der Waals surface area contributed by atoms with Gasteiger partial charge in [-0.3, -0.25) is 0 Å². The molecular weight excluding hydrogens is 448 g/mol. The van der Waals surface area contributed by atoms with E-state index < -0.39 is 5.97 Å². The molecule has 2 N–H and O–H groups in total. The minimum Gasteiger partial charge on any atom is -0.486 e. The first-order valence-corrected chi connectivity index (χ1v) is 9.39. The van der Waals surface area contributed by atoms with Crippen LogP contribution in [0.25, 0.3) is 16.4 Å². The van der Waals surface area contributed by atoms with E-state index in [1.165, 1.54) is 11.6 Å². The minimum absolute atomic E-state index is 0.00250. The van der Waals surface area contributed by atoms with Crippen LogP contribution >= 0.6 is 27.5 Å². The van der Waals surface area contributed by atoms with E-state index in [9.17, 15) is 4.79 Å². The first-order chi connectivity index (χ1) is 13.5. The number of ether oxygens (including phenoxy) is 2. The van der Waals surface area contributed by atoms with Crippen molar-refractivity contribution >= 4 is 55.9 Å². The summed E-state index contributed by atoms with van der Waals surface area (Å²) in [4.78, 5) is 16.8. The number of fused-ring (bicyclic) bond motifs is 3. The molecule has 2 aromatic carbocycles. The summed E-state index contributed by atoms with van der Waals surface area (Å²) in [6.07, 6.45) is 0. The third-order valence-corrected chi connectivity index (χ3v) is 5.50. The Morgan fingerprint density at radius 1 is 1.25 bits per heavy atom. The molecule has 0 aliphatic rings. The van der Waals surface area contributed by atoms with Gasteiger partial charge in [0.05, 0.1) is 17.5 Å². The van der Waals surface area contributed by atoms with E-state index in [0.717, 1.165) is 5.56 Å². The van der Waals surface area contributed by atoms with Crippen molar-refractivity contribution in [2.75, 3.05) is 12.8 Å². The zero-order chi connectivity index (χ0) is 19.8. The highest BCUT2D eigenvalue weighted by atomic mass is 79.9. The molecule has 0 aliphatic heterocycles. The number of nitrogens with two attached hydrogens (primary N) is 1. The largest absolute Gasteiger partial charge is 0.486 e. The molecular formula is C19H14BrClN4O3. The number of benzene rings is 2. The number of methoxy groups -OCH3 is 1. The number of halogens is 2. The second-order valence-corrected chi connectivity index (χ2v) is 7.17. The van der Waals surface area contributed by atoms with Crippen LogP contribution in [-0.4, -0.2) is 27.7 Å². The first-order valence-electron chi connectivity index (χ1n) is 8.22. The lowest BCUT2D eigenvalue weighted by Crippen LogP contribution is -2.13. The standard InChI is InChI=1S/C19H14BrClN4O3/c1-27-18(26)15-16(28-9-10-5-3-2-4-6-10)11-7-8-12(20)14(21)13(11)17-23-19(22)24-25(15)17/h2-8H,9H2,1H3,(H2,22,24). The van der Waals surface area contributed by atoms with E-state index >= 15 is 0 Å². The van der Waals surface area contributed by atoms with Crippen LogP contribution in [0.3, 0.4) is 0 Å². The fourth-order valence-electron chi connectivity index (χ4n) is 2.98. The van der Waals surface area contributed by atoms with Gasteiger partial charge in [-0.2, -0.15) is 9.50 Å². The molecule has 0 aliphatic carbocycles. The zero-order valence-electron chi connectivity index (χ0n) is 14.6. The van der Waals surface area contributed by atoms with Gasteiger partial charge in [0.25, 0.3) is 0 Å². The maximum absolute atomic E-state index is 12.6. The number of carbonyl (C=O) groups excluding carboxylic acids is 1. The molecule has 0 radical (unpaired) electrons. The van der Waals surface area contributed by atoms with Crippen molar-refractivity contribution in [3.8, 4) is 5.75 Å². The van der Waals surface area contributed by atoms with E-state index in [1.807, 2.05) is 30.3 Å². The van der Waals surface area contributed by atoms with Gasteiger partial charge in [0.15, 0.2) is 17.1 Å². The summed E-state index contributed by atoms with van der Waals surface area (Å²) in [5.74, 6) is -0.334. The third kappa shape index (κ3) is 3.04. The number of rotatable bonds is 4. The summed E-state index contributed by atoms with van der Waals surface area (Å²) in [5, 5.41) is 5.73.